The van der Waals surface area contributed by atoms with Crippen LogP contribution in [0.2, 0.25) is 0 Å². The van der Waals surface area contributed by atoms with Crippen LogP contribution in [0, 0.1) is 0 Å². The summed E-state index contributed by atoms with van der Waals surface area (Å²) in [6.07, 6.45) is 4.01. The molecule has 1 aliphatic heterocycles. The van der Waals surface area contributed by atoms with E-state index in [9.17, 15) is 9.59 Å². The minimum absolute atomic E-state index is 0.0771. The number of likely N-dealkylation sites (tertiary alicyclic amines) is 1. The van der Waals surface area contributed by atoms with Gasteiger partial charge in [0.2, 0.25) is 0 Å². The van der Waals surface area contributed by atoms with Gasteiger partial charge in [0.05, 0.1) is 18.7 Å². The van der Waals surface area contributed by atoms with Crippen molar-refractivity contribution in [3.05, 3.63) is 70.8 Å². The van der Waals surface area contributed by atoms with Gasteiger partial charge in [-0.15, -0.1) is 0 Å². The molecule has 0 amide bonds. The number of oxazole rings is 1. The molecule has 0 saturated carbocycles. The van der Waals surface area contributed by atoms with E-state index < -0.39 is 0 Å². The number of carbonyl (C=O) groups excluding carboxylic acids is 1. The Hall–Kier alpha value is -3.32. The van der Waals surface area contributed by atoms with Crippen LogP contribution in [0.25, 0.3) is 22.0 Å². The SMILES string of the molecule is COC(=O)Cn1cc(CN2CCCC(n3c(=O)oc4ccccc43)C2)c2ccccc21. The van der Waals surface area contributed by atoms with Gasteiger partial charge < -0.3 is 13.7 Å². The summed E-state index contributed by atoms with van der Waals surface area (Å²) < 4.78 is 14.1. The summed E-state index contributed by atoms with van der Waals surface area (Å²) >= 11 is 0. The standard InChI is InChI=1S/C24H25N3O4/c1-30-23(28)16-26-14-17(19-8-2-3-9-20(19)26)13-25-12-6-7-18(15-25)27-21-10-4-5-11-22(21)31-24(27)29/h2-5,8-11,14,18H,6-7,12-13,15-16H2,1H3. The molecule has 160 valence electrons. The van der Waals surface area contributed by atoms with E-state index in [4.69, 9.17) is 9.15 Å². The zero-order chi connectivity index (χ0) is 21.4. The number of fused-ring (bicyclic) bond motifs is 2. The van der Waals surface area contributed by atoms with Crippen LogP contribution in [0.4, 0.5) is 0 Å². The van der Waals surface area contributed by atoms with Gasteiger partial charge in [-0.2, -0.15) is 0 Å². The Balaban J connectivity index is 1.42. The summed E-state index contributed by atoms with van der Waals surface area (Å²) in [6.45, 7) is 2.70. The molecular formula is C24H25N3O4. The third-order valence-corrected chi connectivity index (χ3v) is 6.16. The van der Waals surface area contributed by atoms with E-state index in [1.165, 1.54) is 12.7 Å². The molecule has 1 unspecified atom stereocenters. The van der Waals surface area contributed by atoms with Crippen LogP contribution in [0.3, 0.4) is 0 Å². The van der Waals surface area contributed by atoms with Crippen LogP contribution in [0.5, 0.6) is 0 Å². The number of nitrogens with zero attached hydrogens (tertiary/aromatic N) is 3. The summed E-state index contributed by atoms with van der Waals surface area (Å²) in [5.41, 5.74) is 3.68. The number of carbonyl (C=O) groups is 1. The van der Waals surface area contributed by atoms with Crippen molar-refractivity contribution in [3.63, 3.8) is 0 Å². The largest absolute Gasteiger partial charge is 0.468 e. The molecule has 2 aromatic carbocycles. The number of rotatable bonds is 5. The molecule has 3 heterocycles. The lowest BCUT2D eigenvalue weighted by Crippen LogP contribution is -2.38. The highest BCUT2D eigenvalue weighted by Crippen LogP contribution is 2.28. The fourth-order valence-electron chi connectivity index (χ4n) is 4.74. The molecule has 5 rings (SSSR count). The molecule has 7 heteroatoms. The molecule has 0 bridgehead atoms. The number of ether oxygens (including phenoxy) is 1. The number of piperidine rings is 1. The highest BCUT2D eigenvalue weighted by molar-refractivity contribution is 5.85. The fraction of sp³-hybridized carbons (Fsp3) is 0.333. The molecule has 0 N–H and O–H groups in total. The van der Waals surface area contributed by atoms with Crippen molar-refractivity contribution in [2.75, 3.05) is 20.2 Å². The van der Waals surface area contributed by atoms with Crippen LogP contribution in [0.15, 0.2) is 63.9 Å². The van der Waals surface area contributed by atoms with Gasteiger partial charge >= 0.3 is 11.7 Å². The monoisotopic (exact) mass is 419 g/mol. The van der Waals surface area contributed by atoms with E-state index in [-0.39, 0.29) is 24.3 Å². The maximum Gasteiger partial charge on any atom is 0.420 e. The molecule has 1 saturated heterocycles. The van der Waals surface area contributed by atoms with Gasteiger partial charge in [0.15, 0.2) is 5.58 Å². The average molecular weight is 419 g/mol. The molecule has 1 aliphatic rings. The first-order valence-electron chi connectivity index (χ1n) is 10.6. The molecule has 1 fully saturated rings. The van der Waals surface area contributed by atoms with Crippen molar-refractivity contribution < 1.29 is 13.9 Å². The van der Waals surface area contributed by atoms with Crippen molar-refractivity contribution in [1.82, 2.24) is 14.0 Å². The van der Waals surface area contributed by atoms with Gasteiger partial charge in [0.1, 0.15) is 6.54 Å². The predicted molar refractivity (Wildman–Crippen MR) is 118 cm³/mol. The third kappa shape index (κ3) is 3.65. The van der Waals surface area contributed by atoms with E-state index in [0.717, 1.165) is 48.9 Å². The van der Waals surface area contributed by atoms with Crippen molar-refractivity contribution in [1.29, 1.82) is 0 Å². The first-order chi connectivity index (χ1) is 15.1. The summed E-state index contributed by atoms with van der Waals surface area (Å²) in [4.78, 5) is 26.8. The molecular weight excluding hydrogens is 394 g/mol. The van der Waals surface area contributed by atoms with Gasteiger partial charge in [-0.3, -0.25) is 14.3 Å². The van der Waals surface area contributed by atoms with Gasteiger partial charge in [0, 0.05) is 30.2 Å². The highest BCUT2D eigenvalue weighted by atomic mass is 16.5. The summed E-state index contributed by atoms with van der Waals surface area (Å²) in [5, 5.41) is 1.14. The summed E-state index contributed by atoms with van der Waals surface area (Å²) in [6, 6.07) is 15.8. The molecule has 7 nitrogen and oxygen atoms in total. The maximum atomic E-state index is 12.5. The summed E-state index contributed by atoms with van der Waals surface area (Å²) in [7, 11) is 1.41. The summed E-state index contributed by atoms with van der Waals surface area (Å²) in [5.74, 6) is -0.556. The average Bonchev–Trinajstić information content (AvgIpc) is 3.30. The smallest absolute Gasteiger partial charge is 0.420 e. The zero-order valence-electron chi connectivity index (χ0n) is 17.5. The second-order valence-corrected chi connectivity index (χ2v) is 8.11. The van der Waals surface area contributed by atoms with Gasteiger partial charge in [-0.1, -0.05) is 30.3 Å². The molecule has 0 aliphatic carbocycles. The van der Waals surface area contributed by atoms with E-state index in [1.807, 2.05) is 57.8 Å². The number of hydrogen-bond donors (Lipinski definition) is 0. The van der Waals surface area contributed by atoms with E-state index >= 15 is 0 Å². The van der Waals surface area contributed by atoms with Crippen LogP contribution in [0.1, 0.15) is 24.4 Å². The first kappa shape index (κ1) is 19.6. The van der Waals surface area contributed by atoms with Crippen molar-refractivity contribution in [2.24, 2.45) is 0 Å². The topological polar surface area (TPSA) is 69.6 Å². The van der Waals surface area contributed by atoms with Crippen LogP contribution in [-0.4, -0.2) is 40.2 Å². The molecule has 1 atom stereocenters. The quantitative estimate of drug-likeness (QED) is 0.463. The van der Waals surface area contributed by atoms with Crippen molar-refractivity contribution in [3.8, 4) is 0 Å². The Bertz CT molecular complexity index is 1300. The lowest BCUT2D eigenvalue weighted by Gasteiger charge is -2.32. The molecule has 0 radical (unpaired) electrons. The normalized spacial score (nSPS) is 17.4. The lowest BCUT2D eigenvalue weighted by molar-refractivity contribution is -0.141. The molecule has 31 heavy (non-hydrogen) atoms. The Morgan fingerprint density at radius 1 is 1.13 bits per heavy atom. The predicted octanol–water partition coefficient (Wildman–Crippen LogP) is 3.56. The van der Waals surface area contributed by atoms with Gasteiger partial charge in [0.25, 0.3) is 0 Å². The van der Waals surface area contributed by atoms with E-state index in [0.29, 0.717) is 5.58 Å². The number of para-hydroxylation sites is 3. The Morgan fingerprint density at radius 3 is 2.74 bits per heavy atom. The zero-order valence-corrected chi connectivity index (χ0v) is 17.5. The first-order valence-corrected chi connectivity index (χ1v) is 10.6. The third-order valence-electron chi connectivity index (χ3n) is 6.16. The Labute approximate surface area is 179 Å². The van der Waals surface area contributed by atoms with E-state index in [1.54, 1.807) is 0 Å². The fourth-order valence-corrected chi connectivity index (χ4v) is 4.74. The van der Waals surface area contributed by atoms with Gasteiger partial charge in [-0.25, -0.2) is 4.79 Å². The highest BCUT2D eigenvalue weighted by Gasteiger charge is 2.26. The Kier molecular flexibility index (Phi) is 5.11. The van der Waals surface area contributed by atoms with Crippen LogP contribution < -0.4 is 5.76 Å². The number of esters is 1. The number of benzene rings is 2. The maximum absolute atomic E-state index is 12.5. The molecule has 2 aromatic heterocycles. The minimum atomic E-state index is -0.289. The van der Waals surface area contributed by atoms with E-state index in [2.05, 4.69) is 11.0 Å². The lowest BCUT2D eigenvalue weighted by atomic mass is 10.0. The van der Waals surface area contributed by atoms with Gasteiger partial charge in [-0.05, 0) is 43.1 Å². The molecule has 4 aromatic rings. The second kappa shape index (κ2) is 8.07. The number of aromatic nitrogens is 2. The molecule has 0 spiro atoms. The van der Waals surface area contributed by atoms with Crippen molar-refractivity contribution >= 4 is 28.0 Å². The number of hydrogen-bond acceptors (Lipinski definition) is 5. The number of methoxy groups -OCH3 is 1. The van der Waals surface area contributed by atoms with Crippen LogP contribution in [-0.2, 0) is 22.6 Å². The van der Waals surface area contributed by atoms with Crippen LogP contribution >= 0.6 is 0 Å². The van der Waals surface area contributed by atoms with Crippen molar-refractivity contribution in [2.45, 2.75) is 32.0 Å². The Morgan fingerprint density at radius 2 is 1.90 bits per heavy atom. The minimum Gasteiger partial charge on any atom is -0.468 e. The second-order valence-electron chi connectivity index (χ2n) is 8.11.